The highest BCUT2D eigenvalue weighted by Gasteiger charge is 2.21. The number of carbonyl (C=O) groups excluding carboxylic acids is 2. The number of carbonyl (C=O) groups is 2. The van der Waals surface area contributed by atoms with Gasteiger partial charge in [0.25, 0.3) is 5.91 Å². The summed E-state index contributed by atoms with van der Waals surface area (Å²) < 4.78 is 0. The van der Waals surface area contributed by atoms with Gasteiger partial charge in [0.2, 0.25) is 5.91 Å². The fourth-order valence-corrected chi connectivity index (χ4v) is 4.38. The lowest BCUT2D eigenvalue weighted by Gasteiger charge is -2.26. The number of thiophene rings is 1. The summed E-state index contributed by atoms with van der Waals surface area (Å²) in [7, 11) is 3.50. The van der Waals surface area contributed by atoms with E-state index in [1.165, 1.54) is 10.4 Å². The Balaban J connectivity index is 1.51. The van der Waals surface area contributed by atoms with Crippen molar-refractivity contribution in [3.05, 3.63) is 57.3 Å². The number of rotatable bonds is 7. The summed E-state index contributed by atoms with van der Waals surface area (Å²) in [5.74, 6) is 0.670. The van der Waals surface area contributed by atoms with E-state index in [0.717, 1.165) is 31.5 Å². The van der Waals surface area contributed by atoms with Gasteiger partial charge in [-0.25, -0.2) is 4.99 Å². The molecule has 2 amide bonds. The number of fused-ring (bicyclic) bond motifs is 1. The van der Waals surface area contributed by atoms with Crippen LogP contribution in [0.15, 0.2) is 40.7 Å². The van der Waals surface area contributed by atoms with Gasteiger partial charge in [-0.3, -0.25) is 9.59 Å². The third-order valence-corrected chi connectivity index (χ3v) is 6.19. The molecule has 0 unspecified atom stereocenters. The lowest BCUT2D eigenvalue weighted by Crippen LogP contribution is -2.41. The summed E-state index contributed by atoms with van der Waals surface area (Å²) >= 11 is 1.77. The maximum absolute atomic E-state index is 12.6. The smallest absolute Gasteiger partial charge is 0.253 e. The molecular weight excluding hydrogens is 410 g/mol. The van der Waals surface area contributed by atoms with E-state index in [0.29, 0.717) is 24.6 Å². The lowest BCUT2D eigenvalue weighted by molar-refractivity contribution is -0.130. The van der Waals surface area contributed by atoms with Crippen molar-refractivity contribution in [3.8, 4) is 0 Å². The first-order chi connectivity index (χ1) is 15.0. The van der Waals surface area contributed by atoms with Crippen LogP contribution in [-0.4, -0.2) is 67.8 Å². The van der Waals surface area contributed by atoms with E-state index in [2.05, 4.69) is 27.1 Å². The summed E-state index contributed by atoms with van der Waals surface area (Å²) in [6.45, 7) is 4.93. The number of nitrogens with one attached hydrogen (secondary N) is 2. The molecule has 0 saturated heterocycles. The van der Waals surface area contributed by atoms with Crippen LogP contribution < -0.4 is 10.6 Å². The number of nitrogens with zero attached hydrogens (tertiary/aromatic N) is 3. The lowest BCUT2D eigenvalue weighted by atomic mass is 10.1. The summed E-state index contributed by atoms with van der Waals surface area (Å²) in [4.78, 5) is 34.1. The molecule has 0 aliphatic carbocycles. The van der Waals surface area contributed by atoms with Gasteiger partial charge in [-0.2, -0.15) is 0 Å². The van der Waals surface area contributed by atoms with Crippen molar-refractivity contribution in [1.29, 1.82) is 0 Å². The standard InChI is InChI=1S/C23H31N5O2S/c1-4-24-23(25-11-8-17-6-5-7-18(14-17)22(30)27(2)3)26-15-21(29)28-12-9-20-19(16-28)10-13-31-20/h5-7,10,13-14H,4,8-9,11-12,15-16H2,1-3H3,(H2,24,25,26). The molecule has 0 saturated carbocycles. The molecule has 1 aromatic carbocycles. The molecule has 7 nitrogen and oxygen atoms in total. The zero-order chi connectivity index (χ0) is 22.2. The summed E-state index contributed by atoms with van der Waals surface area (Å²) in [6, 6.07) is 9.77. The molecular formula is C23H31N5O2S. The second kappa shape index (κ2) is 10.9. The molecule has 0 fully saturated rings. The zero-order valence-corrected chi connectivity index (χ0v) is 19.3. The maximum Gasteiger partial charge on any atom is 0.253 e. The minimum atomic E-state index is -0.00416. The Bertz CT molecular complexity index is 938. The Morgan fingerprint density at radius 2 is 2.06 bits per heavy atom. The van der Waals surface area contributed by atoms with Crippen LogP contribution in [0.1, 0.15) is 33.3 Å². The summed E-state index contributed by atoms with van der Waals surface area (Å²) in [5, 5.41) is 8.57. The van der Waals surface area contributed by atoms with Crippen LogP contribution in [0, 0.1) is 0 Å². The van der Waals surface area contributed by atoms with E-state index in [1.54, 1.807) is 30.3 Å². The first kappa shape index (κ1) is 22.8. The van der Waals surface area contributed by atoms with Gasteiger partial charge in [0, 0.05) is 50.7 Å². The number of benzene rings is 1. The van der Waals surface area contributed by atoms with Gasteiger partial charge < -0.3 is 20.4 Å². The number of aliphatic imine (C=N–C) groups is 1. The molecule has 2 heterocycles. The van der Waals surface area contributed by atoms with E-state index >= 15 is 0 Å². The molecule has 8 heteroatoms. The highest BCUT2D eigenvalue weighted by Crippen LogP contribution is 2.23. The first-order valence-corrected chi connectivity index (χ1v) is 11.5. The normalized spacial score (nSPS) is 13.5. The molecule has 2 aromatic rings. The van der Waals surface area contributed by atoms with Gasteiger partial charge in [-0.15, -0.1) is 11.3 Å². The van der Waals surface area contributed by atoms with Crippen molar-refractivity contribution in [2.45, 2.75) is 26.3 Å². The molecule has 0 bridgehead atoms. The van der Waals surface area contributed by atoms with Crippen LogP contribution in [0.25, 0.3) is 0 Å². The van der Waals surface area contributed by atoms with Crippen molar-refractivity contribution in [2.24, 2.45) is 4.99 Å². The SMILES string of the molecule is CCNC(=NCC(=O)N1CCc2sccc2C1)NCCc1cccc(C(=O)N(C)C)c1. The molecule has 2 N–H and O–H groups in total. The Hall–Kier alpha value is -2.87. The molecule has 3 rings (SSSR count). The van der Waals surface area contributed by atoms with Crippen molar-refractivity contribution < 1.29 is 9.59 Å². The summed E-state index contributed by atoms with van der Waals surface area (Å²) in [6.07, 6.45) is 1.68. The second-order valence-corrected chi connectivity index (χ2v) is 8.71. The molecule has 1 aromatic heterocycles. The highest BCUT2D eigenvalue weighted by molar-refractivity contribution is 7.10. The highest BCUT2D eigenvalue weighted by atomic mass is 32.1. The number of amides is 2. The van der Waals surface area contributed by atoms with Crippen LogP contribution in [0.2, 0.25) is 0 Å². The van der Waals surface area contributed by atoms with Gasteiger partial charge in [-0.05, 0) is 54.5 Å². The average Bonchev–Trinajstić information content (AvgIpc) is 3.24. The number of hydrogen-bond acceptors (Lipinski definition) is 4. The molecule has 1 aliphatic heterocycles. The van der Waals surface area contributed by atoms with E-state index < -0.39 is 0 Å². The van der Waals surface area contributed by atoms with Crippen LogP contribution in [0.3, 0.4) is 0 Å². The van der Waals surface area contributed by atoms with Gasteiger partial charge in [-0.1, -0.05) is 12.1 Å². The van der Waals surface area contributed by atoms with Gasteiger partial charge in [0.15, 0.2) is 5.96 Å². The topological polar surface area (TPSA) is 77.0 Å². The van der Waals surface area contributed by atoms with E-state index in [9.17, 15) is 9.59 Å². The molecule has 0 atom stereocenters. The molecule has 0 spiro atoms. The largest absolute Gasteiger partial charge is 0.357 e. The van der Waals surface area contributed by atoms with Crippen molar-refractivity contribution >= 4 is 29.1 Å². The fourth-order valence-electron chi connectivity index (χ4n) is 3.49. The van der Waals surface area contributed by atoms with Crippen LogP contribution in [-0.2, 0) is 24.2 Å². The predicted octanol–water partition coefficient (Wildman–Crippen LogP) is 2.13. The van der Waals surface area contributed by atoms with Crippen LogP contribution >= 0.6 is 11.3 Å². The second-order valence-electron chi connectivity index (χ2n) is 7.71. The van der Waals surface area contributed by atoms with Crippen LogP contribution in [0.5, 0.6) is 0 Å². The van der Waals surface area contributed by atoms with Crippen LogP contribution in [0.4, 0.5) is 0 Å². The van der Waals surface area contributed by atoms with E-state index in [4.69, 9.17) is 0 Å². The minimum Gasteiger partial charge on any atom is -0.357 e. The third-order valence-electron chi connectivity index (χ3n) is 5.16. The Morgan fingerprint density at radius 3 is 2.84 bits per heavy atom. The average molecular weight is 442 g/mol. The first-order valence-electron chi connectivity index (χ1n) is 10.6. The molecule has 1 aliphatic rings. The van der Waals surface area contributed by atoms with E-state index in [-0.39, 0.29) is 18.4 Å². The van der Waals surface area contributed by atoms with Gasteiger partial charge in [0.05, 0.1) is 0 Å². The van der Waals surface area contributed by atoms with Gasteiger partial charge in [0.1, 0.15) is 6.54 Å². The maximum atomic E-state index is 12.6. The molecule has 0 radical (unpaired) electrons. The fraction of sp³-hybridized carbons (Fsp3) is 0.435. The van der Waals surface area contributed by atoms with Crippen molar-refractivity contribution in [2.75, 3.05) is 40.3 Å². The number of hydrogen-bond donors (Lipinski definition) is 2. The number of guanidine groups is 1. The Morgan fingerprint density at radius 1 is 1.23 bits per heavy atom. The van der Waals surface area contributed by atoms with Gasteiger partial charge >= 0.3 is 0 Å². The predicted molar refractivity (Wildman–Crippen MR) is 126 cm³/mol. The quantitative estimate of drug-likeness (QED) is 0.510. The zero-order valence-electron chi connectivity index (χ0n) is 18.5. The van der Waals surface area contributed by atoms with Crippen molar-refractivity contribution in [3.63, 3.8) is 0 Å². The summed E-state index contributed by atoms with van der Waals surface area (Å²) in [5.41, 5.74) is 3.02. The Kier molecular flexibility index (Phi) is 8.06. The van der Waals surface area contributed by atoms with Crippen molar-refractivity contribution in [1.82, 2.24) is 20.4 Å². The molecule has 31 heavy (non-hydrogen) atoms. The molecule has 166 valence electrons. The monoisotopic (exact) mass is 441 g/mol. The minimum absolute atomic E-state index is 0.00416. The van der Waals surface area contributed by atoms with E-state index in [1.807, 2.05) is 36.1 Å². The Labute approximate surface area is 188 Å². The third kappa shape index (κ3) is 6.30.